The summed E-state index contributed by atoms with van der Waals surface area (Å²) in [4.78, 5) is 24.6. The first kappa shape index (κ1) is 71.1. The highest BCUT2D eigenvalue weighted by Gasteiger charge is 2.18. The molecule has 1 amide bonds. The molecule has 6 heteroatoms. The van der Waals surface area contributed by atoms with Crippen LogP contribution in [-0.4, -0.2) is 47.4 Å². The van der Waals surface area contributed by atoms with E-state index in [1.807, 2.05) is 6.08 Å². The molecule has 6 nitrogen and oxygen atoms in total. The molecule has 0 aliphatic rings. The van der Waals surface area contributed by atoms with E-state index in [0.29, 0.717) is 19.4 Å². The van der Waals surface area contributed by atoms with Crippen molar-refractivity contribution in [1.82, 2.24) is 5.32 Å². The van der Waals surface area contributed by atoms with Crippen molar-refractivity contribution in [2.24, 2.45) is 0 Å². The van der Waals surface area contributed by atoms with Gasteiger partial charge in [-0.3, -0.25) is 9.59 Å². The summed E-state index contributed by atoms with van der Waals surface area (Å²) in [7, 11) is 0. The minimum Gasteiger partial charge on any atom is -0.466 e. The van der Waals surface area contributed by atoms with Gasteiger partial charge in [-0.05, 0) is 70.6 Å². The van der Waals surface area contributed by atoms with Crippen molar-refractivity contribution in [2.45, 2.75) is 366 Å². The summed E-state index contributed by atoms with van der Waals surface area (Å²) in [5, 5.41) is 23.2. The van der Waals surface area contributed by atoms with Gasteiger partial charge in [0.2, 0.25) is 5.91 Å². The molecule has 0 saturated carbocycles. The van der Waals surface area contributed by atoms with Gasteiger partial charge in [0, 0.05) is 12.8 Å². The number of aliphatic hydroxyl groups is 2. The van der Waals surface area contributed by atoms with Crippen LogP contribution in [0.2, 0.25) is 0 Å². The Morgan fingerprint density at radius 1 is 0.384 bits per heavy atom. The van der Waals surface area contributed by atoms with Gasteiger partial charge in [0.15, 0.2) is 0 Å². The number of amides is 1. The SMILES string of the molecule is CCCCCCCCCCCCCCCCCCCCCCCCC/C=C/C(O)C(CO)NC(=O)CCCCCCCCC/C=C\C/C=C\CCCCCOC(=O)CCCCCCCCCCCCCCCC. The Hall–Kier alpha value is -1.92. The molecule has 0 aromatic heterocycles. The van der Waals surface area contributed by atoms with Crippen LogP contribution in [0.1, 0.15) is 354 Å². The van der Waals surface area contributed by atoms with Crippen molar-refractivity contribution in [3.63, 3.8) is 0 Å². The Bertz CT molecular complexity index is 1180. The number of allylic oxidation sites excluding steroid dienone is 5. The molecule has 0 fully saturated rings. The lowest BCUT2D eigenvalue weighted by molar-refractivity contribution is -0.143. The van der Waals surface area contributed by atoms with Crippen LogP contribution in [0.3, 0.4) is 0 Å². The van der Waals surface area contributed by atoms with Crippen LogP contribution in [0, 0.1) is 0 Å². The molecule has 2 unspecified atom stereocenters. The van der Waals surface area contributed by atoms with Crippen LogP contribution < -0.4 is 5.32 Å². The zero-order valence-corrected chi connectivity index (χ0v) is 49.1. The predicted octanol–water partition coefficient (Wildman–Crippen LogP) is 20.8. The van der Waals surface area contributed by atoms with Gasteiger partial charge >= 0.3 is 5.97 Å². The minimum absolute atomic E-state index is 0.0136. The second-order valence-corrected chi connectivity index (χ2v) is 22.5. The molecule has 0 aliphatic heterocycles. The highest BCUT2D eigenvalue weighted by atomic mass is 16.5. The number of carbonyl (C=O) groups excluding carboxylic acids is 2. The quantitative estimate of drug-likeness (QED) is 0.0320. The lowest BCUT2D eigenvalue weighted by atomic mass is 10.0. The summed E-state index contributed by atoms with van der Waals surface area (Å²) in [5.41, 5.74) is 0. The number of carbonyl (C=O) groups is 2. The summed E-state index contributed by atoms with van der Waals surface area (Å²) in [6.45, 7) is 4.89. The lowest BCUT2D eigenvalue weighted by Crippen LogP contribution is -2.45. The fraction of sp³-hybridized carbons (Fsp3) is 0.881. The zero-order chi connectivity index (χ0) is 52.9. The molecule has 0 spiro atoms. The number of hydrogen-bond donors (Lipinski definition) is 3. The Morgan fingerprint density at radius 3 is 1.04 bits per heavy atom. The monoisotopic (exact) mass is 1030 g/mol. The van der Waals surface area contributed by atoms with E-state index >= 15 is 0 Å². The van der Waals surface area contributed by atoms with Gasteiger partial charge in [0.05, 0.1) is 25.4 Å². The summed E-state index contributed by atoms with van der Waals surface area (Å²) >= 11 is 0. The molecule has 73 heavy (non-hydrogen) atoms. The molecule has 2 atom stereocenters. The van der Waals surface area contributed by atoms with Crippen LogP contribution in [-0.2, 0) is 14.3 Å². The fourth-order valence-corrected chi connectivity index (χ4v) is 10.1. The first-order valence-corrected chi connectivity index (χ1v) is 32.8. The average Bonchev–Trinajstić information content (AvgIpc) is 3.39. The third kappa shape index (κ3) is 59.2. The standard InChI is InChI=1S/C67H127NO5/c1-3-5-7-9-11-13-15-17-19-20-21-22-23-24-25-26-27-29-32-35-39-43-47-51-55-59-65(70)64(63-69)68-66(71)60-56-52-48-44-40-36-33-30-28-31-34-38-42-46-50-54-58-62-73-67(72)61-57-53-49-45-41-37-18-16-14-12-10-8-6-4-2/h28,31,38,42,55,59,64-65,69-70H,3-27,29-30,32-37,39-41,43-54,56-58,60-63H2,1-2H3,(H,68,71)/b31-28-,42-38-,59-55+. The van der Waals surface area contributed by atoms with Crippen LogP contribution >= 0.6 is 0 Å². The predicted molar refractivity (Wildman–Crippen MR) is 319 cm³/mol. The molecule has 0 saturated heterocycles. The highest BCUT2D eigenvalue weighted by Crippen LogP contribution is 2.18. The van der Waals surface area contributed by atoms with Gasteiger partial charge in [-0.15, -0.1) is 0 Å². The summed E-state index contributed by atoms with van der Waals surface area (Å²) in [6, 6.07) is -0.642. The molecular weight excluding hydrogens is 899 g/mol. The number of nitrogens with one attached hydrogen (secondary N) is 1. The molecule has 0 bridgehead atoms. The van der Waals surface area contributed by atoms with E-state index in [1.54, 1.807) is 6.08 Å². The van der Waals surface area contributed by atoms with Crippen LogP contribution in [0.5, 0.6) is 0 Å². The van der Waals surface area contributed by atoms with Crippen LogP contribution in [0.15, 0.2) is 36.5 Å². The van der Waals surface area contributed by atoms with Crippen molar-refractivity contribution in [2.75, 3.05) is 13.2 Å². The second kappa shape index (κ2) is 62.6. The summed E-state index contributed by atoms with van der Waals surface area (Å²) in [5.74, 6) is -0.0943. The third-order valence-corrected chi connectivity index (χ3v) is 15.2. The van der Waals surface area contributed by atoms with Crippen molar-refractivity contribution < 1.29 is 24.5 Å². The van der Waals surface area contributed by atoms with E-state index in [-0.39, 0.29) is 18.5 Å². The summed E-state index contributed by atoms with van der Waals surface area (Å²) < 4.78 is 5.46. The van der Waals surface area contributed by atoms with E-state index in [2.05, 4.69) is 43.5 Å². The normalized spacial score (nSPS) is 12.8. The zero-order valence-electron chi connectivity index (χ0n) is 49.1. The molecular formula is C67H127NO5. The first-order valence-electron chi connectivity index (χ1n) is 32.8. The maximum absolute atomic E-state index is 12.5. The number of rotatable bonds is 61. The third-order valence-electron chi connectivity index (χ3n) is 15.2. The fourth-order valence-electron chi connectivity index (χ4n) is 10.1. The number of unbranched alkanes of at least 4 members (excludes halogenated alkanes) is 46. The molecule has 3 N–H and O–H groups in total. The maximum Gasteiger partial charge on any atom is 0.305 e. The molecule has 0 aromatic rings. The van der Waals surface area contributed by atoms with Gasteiger partial charge in [0.25, 0.3) is 0 Å². The van der Waals surface area contributed by atoms with Crippen LogP contribution in [0.4, 0.5) is 0 Å². The van der Waals surface area contributed by atoms with E-state index in [0.717, 1.165) is 83.5 Å². The number of esters is 1. The van der Waals surface area contributed by atoms with Gasteiger partial charge in [-0.25, -0.2) is 0 Å². The van der Waals surface area contributed by atoms with E-state index in [1.165, 1.54) is 244 Å². The van der Waals surface area contributed by atoms with E-state index in [4.69, 9.17) is 4.74 Å². The molecule has 0 rings (SSSR count). The topological polar surface area (TPSA) is 95.9 Å². The van der Waals surface area contributed by atoms with Crippen molar-refractivity contribution >= 4 is 11.9 Å². The van der Waals surface area contributed by atoms with E-state index < -0.39 is 12.1 Å². The van der Waals surface area contributed by atoms with Crippen molar-refractivity contribution in [1.29, 1.82) is 0 Å². The van der Waals surface area contributed by atoms with Gasteiger partial charge in [0.1, 0.15) is 0 Å². The maximum atomic E-state index is 12.5. The Kier molecular flexibility index (Phi) is 61.0. The lowest BCUT2D eigenvalue weighted by Gasteiger charge is -2.20. The second-order valence-electron chi connectivity index (χ2n) is 22.5. The molecule has 0 aliphatic carbocycles. The molecule has 430 valence electrons. The van der Waals surface area contributed by atoms with Gasteiger partial charge in [-0.1, -0.05) is 307 Å². The van der Waals surface area contributed by atoms with Crippen LogP contribution in [0.25, 0.3) is 0 Å². The van der Waals surface area contributed by atoms with E-state index in [9.17, 15) is 19.8 Å². The Morgan fingerprint density at radius 2 is 0.685 bits per heavy atom. The Labute approximate surface area is 455 Å². The molecule has 0 heterocycles. The van der Waals surface area contributed by atoms with Crippen molar-refractivity contribution in [3.8, 4) is 0 Å². The minimum atomic E-state index is -0.857. The number of hydrogen-bond acceptors (Lipinski definition) is 5. The summed E-state index contributed by atoms with van der Waals surface area (Å²) in [6.07, 6.45) is 79.1. The molecule has 0 aromatic carbocycles. The molecule has 0 radical (unpaired) electrons. The smallest absolute Gasteiger partial charge is 0.305 e. The largest absolute Gasteiger partial charge is 0.466 e. The number of ether oxygens (including phenoxy) is 1. The first-order chi connectivity index (χ1) is 36.0. The van der Waals surface area contributed by atoms with Gasteiger partial charge < -0.3 is 20.3 Å². The van der Waals surface area contributed by atoms with Gasteiger partial charge in [-0.2, -0.15) is 0 Å². The highest BCUT2D eigenvalue weighted by molar-refractivity contribution is 5.76. The Balaban J connectivity index is 3.51. The van der Waals surface area contributed by atoms with Crippen molar-refractivity contribution in [3.05, 3.63) is 36.5 Å². The average molecular weight is 1030 g/mol. The number of aliphatic hydroxyl groups excluding tert-OH is 2.